The SMILES string of the molecule is CCc1cc(NN)nc(CSc2ccccc2Cl)n1. The van der Waals surface area contributed by atoms with Gasteiger partial charge in [-0.15, -0.1) is 11.8 Å². The fraction of sp³-hybridized carbons (Fsp3) is 0.231. The molecule has 0 radical (unpaired) electrons. The largest absolute Gasteiger partial charge is 0.308 e. The maximum Gasteiger partial charge on any atom is 0.143 e. The first-order valence-electron chi connectivity index (χ1n) is 5.93. The van der Waals surface area contributed by atoms with Crippen molar-refractivity contribution in [2.24, 2.45) is 5.84 Å². The van der Waals surface area contributed by atoms with Crippen LogP contribution < -0.4 is 11.3 Å². The number of thioether (sulfide) groups is 1. The van der Waals surface area contributed by atoms with Gasteiger partial charge in [0, 0.05) is 16.7 Å². The molecule has 0 bridgehead atoms. The third-order valence-electron chi connectivity index (χ3n) is 2.53. The highest BCUT2D eigenvalue weighted by molar-refractivity contribution is 7.98. The number of anilines is 1. The fourth-order valence-electron chi connectivity index (χ4n) is 1.58. The Bertz CT molecular complexity index is 540. The second kappa shape index (κ2) is 6.75. The molecule has 100 valence electrons. The molecular formula is C13H15ClN4S. The average Bonchev–Trinajstić information content (AvgIpc) is 2.46. The highest BCUT2D eigenvalue weighted by Crippen LogP contribution is 2.28. The van der Waals surface area contributed by atoms with E-state index in [1.54, 1.807) is 11.8 Å². The summed E-state index contributed by atoms with van der Waals surface area (Å²) < 4.78 is 0. The van der Waals surface area contributed by atoms with Crippen LogP contribution >= 0.6 is 23.4 Å². The molecule has 0 amide bonds. The molecule has 4 nitrogen and oxygen atoms in total. The summed E-state index contributed by atoms with van der Waals surface area (Å²) in [5.41, 5.74) is 3.54. The standard InChI is InChI=1S/C13H15ClN4S/c1-2-9-7-12(18-15)17-13(16-9)8-19-11-6-4-3-5-10(11)14/h3-7H,2,8,15H2,1H3,(H,16,17,18). The molecule has 19 heavy (non-hydrogen) atoms. The molecule has 1 aromatic heterocycles. The summed E-state index contributed by atoms with van der Waals surface area (Å²) in [7, 11) is 0. The summed E-state index contributed by atoms with van der Waals surface area (Å²) in [6.07, 6.45) is 0.848. The predicted octanol–water partition coefficient (Wildman–Crippen LogP) is 3.27. The summed E-state index contributed by atoms with van der Waals surface area (Å²) in [5.74, 6) is 7.45. The third kappa shape index (κ3) is 3.83. The monoisotopic (exact) mass is 294 g/mol. The first kappa shape index (κ1) is 14.1. The molecule has 0 spiro atoms. The third-order valence-corrected chi connectivity index (χ3v) is 4.04. The first-order valence-corrected chi connectivity index (χ1v) is 7.30. The quantitative estimate of drug-likeness (QED) is 0.503. The van der Waals surface area contributed by atoms with Crippen molar-refractivity contribution in [3.63, 3.8) is 0 Å². The van der Waals surface area contributed by atoms with E-state index in [2.05, 4.69) is 15.4 Å². The lowest BCUT2D eigenvalue weighted by Gasteiger charge is -2.07. The van der Waals surface area contributed by atoms with Crippen LogP contribution in [-0.4, -0.2) is 9.97 Å². The summed E-state index contributed by atoms with van der Waals surface area (Å²) in [4.78, 5) is 9.83. The van der Waals surface area contributed by atoms with Gasteiger partial charge < -0.3 is 5.43 Å². The predicted molar refractivity (Wildman–Crippen MR) is 80.2 cm³/mol. The molecule has 2 aromatic rings. The van der Waals surface area contributed by atoms with Crippen LogP contribution in [0.4, 0.5) is 5.82 Å². The van der Waals surface area contributed by atoms with Gasteiger partial charge in [0.1, 0.15) is 11.6 Å². The summed E-state index contributed by atoms with van der Waals surface area (Å²) in [6, 6.07) is 9.59. The number of rotatable bonds is 5. The van der Waals surface area contributed by atoms with Crippen molar-refractivity contribution in [1.82, 2.24) is 9.97 Å². The molecule has 2 rings (SSSR count). The Balaban J connectivity index is 2.13. The molecule has 6 heteroatoms. The van der Waals surface area contributed by atoms with Crippen LogP contribution in [0.25, 0.3) is 0 Å². The van der Waals surface area contributed by atoms with Crippen LogP contribution in [-0.2, 0) is 12.2 Å². The Morgan fingerprint density at radius 2 is 2.11 bits per heavy atom. The number of nitrogens with one attached hydrogen (secondary N) is 1. The zero-order valence-electron chi connectivity index (χ0n) is 10.6. The van der Waals surface area contributed by atoms with Crippen LogP contribution in [0.3, 0.4) is 0 Å². The second-order valence-corrected chi connectivity index (χ2v) is 5.30. The maximum absolute atomic E-state index is 6.11. The van der Waals surface area contributed by atoms with Gasteiger partial charge in [0.2, 0.25) is 0 Å². The van der Waals surface area contributed by atoms with E-state index in [4.69, 9.17) is 17.4 Å². The van der Waals surface area contributed by atoms with E-state index in [1.165, 1.54) is 0 Å². The summed E-state index contributed by atoms with van der Waals surface area (Å²) in [5, 5.41) is 0.747. The van der Waals surface area contributed by atoms with Crippen molar-refractivity contribution in [2.75, 3.05) is 5.43 Å². The molecular weight excluding hydrogens is 280 g/mol. The van der Waals surface area contributed by atoms with Gasteiger partial charge in [-0.05, 0) is 18.6 Å². The molecule has 0 aliphatic rings. The number of hydrazine groups is 1. The fourth-order valence-corrected chi connectivity index (χ4v) is 2.67. The Labute approximate surface area is 121 Å². The minimum atomic E-state index is 0.640. The molecule has 0 saturated carbocycles. The van der Waals surface area contributed by atoms with Crippen LogP contribution in [0.5, 0.6) is 0 Å². The van der Waals surface area contributed by atoms with Gasteiger partial charge in [-0.1, -0.05) is 30.7 Å². The molecule has 1 aromatic carbocycles. The van der Waals surface area contributed by atoms with Gasteiger partial charge in [0.25, 0.3) is 0 Å². The molecule has 0 aliphatic heterocycles. The Kier molecular flexibility index (Phi) is 5.01. The van der Waals surface area contributed by atoms with Crippen LogP contribution in [0.15, 0.2) is 35.2 Å². The lowest BCUT2D eigenvalue weighted by Crippen LogP contribution is -2.11. The van der Waals surface area contributed by atoms with Gasteiger partial charge in [0.05, 0.1) is 10.8 Å². The number of aryl methyl sites for hydroxylation is 1. The number of hydrogen-bond acceptors (Lipinski definition) is 5. The number of halogens is 1. The zero-order valence-corrected chi connectivity index (χ0v) is 12.1. The van der Waals surface area contributed by atoms with E-state index in [9.17, 15) is 0 Å². The molecule has 0 unspecified atom stereocenters. The van der Waals surface area contributed by atoms with Crippen molar-refractivity contribution in [3.05, 3.63) is 46.9 Å². The number of benzene rings is 1. The van der Waals surface area contributed by atoms with Gasteiger partial charge in [0.15, 0.2) is 0 Å². The maximum atomic E-state index is 6.11. The number of nitrogens with two attached hydrogens (primary N) is 1. The van der Waals surface area contributed by atoms with Crippen LogP contribution in [0, 0.1) is 0 Å². The first-order chi connectivity index (χ1) is 9.22. The average molecular weight is 295 g/mol. The smallest absolute Gasteiger partial charge is 0.143 e. The molecule has 3 N–H and O–H groups in total. The zero-order chi connectivity index (χ0) is 13.7. The molecule has 0 saturated heterocycles. The van der Waals surface area contributed by atoms with E-state index < -0.39 is 0 Å². The highest BCUT2D eigenvalue weighted by atomic mass is 35.5. The van der Waals surface area contributed by atoms with E-state index >= 15 is 0 Å². The second-order valence-electron chi connectivity index (χ2n) is 3.88. The Hall–Kier alpha value is -1.30. The van der Waals surface area contributed by atoms with Crippen LogP contribution in [0.2, 0.25) is 5.02 Å². The Morgan fingerprint density at radius 3 is 2.79 bits per heavy atom. The Morgan fingerprint density at radius 1 is 1.32 bits per heavy atom. The van der Waals surface area contributed by atoms with Gasteiger partial charge >= 0.3 is 0 Å². The van der Waals surface area contributed by atoms with Crippen molar-refractivity contribution < 1.29 is 0 Å². The van der Waals surface area contributed by atoms with Crippen molar-refractivity contribution in [1.29, 1.82) is 0 Å². The lowest BCUT2D eigenvalue weighted by atomic mass is 10.3. The number of nitrogen functional groups attached to an aromatic ring is 1. The van der Waals surface area contributed by atoms with Gasteiger partial charge in [-0.3, -0.25) is 0 Å². The highest BCUT2D eigenvalue weighted by Gasteiger charge is 2.05. The molecule has 0 fully saturated rings. The van der Waals surface area contributed by atoms with E-state index in [0.29, 0.717) is 11.6 Å². The van der Waals surface area contributed by atoms with E-state index in [-0.39, 0.29) is 0 Å². The molecule has 0 atom stereocenters. The van der Waals surface area contributed by atoms with Crippen LogP contribution in [0.1, 0.15) is 18.4 Å². The molecule has 1 heterocycles. The van der Waals surface area contributed by atoms with Gasteiger partial charge in [-0.2, -0.15) is 0 Å². The number of hydrogen-bond donors (Lipinski definition) is 2. The summed E-state index contributed by atoms with van der Waals surface area (Å²) in [6.45, 7) is 2.05. The minimum Gasteiger partial charge on any atom is -0.308 e. The molecule has 0 aliphatic carbocycles. The summed E-state index contributed by atoms with van der Waals surface area (Å²) >= 11 is 7.73. The lowest BCUT2D eigenvalue weighted by molar-refractivity contribution is 0.938. The minimum absolute atomic E-state index is 0.640. The van der Waals surface area contributed by atoms with Gasteiger partial charge in [-0.25, -0.2) is 15.8 Å². The number of nitrogens with zero attached hydrogens (tertiary/aromatic N) is 2. The van der Waals surface area contributed by atoms with Crippen molar-refractivity contribution in [3.8, 4) is 0 Å². The van der Waals surface area contributed by atoms with E-state index in [1.807, 2.05) is 37.3 Å². The van der Waals surface area contributed by atoms with Crippen molar-refractivity contribution in [2.45, 2.75) is 24.0 Å². The number of aromatic nitrogens is 2. The van der Waals surface area contributed by atoms with Crippen molar-refractivity contribution >= 4 is 29.2 Å². The normalized spacial score (nSPS) is 10.5. The van der Waals surface area contributed by atoms with E-state index in [0.717, 1.165) is 27.9 Å². The topological polar surface area (TPSA) is 63.8 Å².